The van der Waals surface area contributed by atoms with Crippen LogP contribution in [0.1, 0.15) is 31.9 Å². The lowest BCUT2D eigenvalue weighted by molar-refractivity contribution is -0.142. The van der Waals surface area contributed by atoms with Crippen molar-refractivity contribution in [1.29, 1.82) is 0 Å². The third kappa shape index (κ3) is 6.13. The second-order valence-electron chi connectivity index (χ2n) is 2.92. The summed E-state index contributed by atoms with van der Waals surface area (Å²) in [5.41, 5.74) is 1.98. The van der Waals surface area contributed by atoms with Crippen LogP contribution in [0.5, 0.6) is 0 Å². The van der Waals surface area contributed by atoms with Gasteiger partial charge in [0, 0.05) is 11.9 Å². The number of benzene rings is 1. The minimum absolute atomic E-state index is 0.280. The monoisotopic (exact) mass is 228 g/mol. The molecular weight excluding hydrogens is 212 g/mol. The third-order valence-electron chi connectivity index (χ3n) is 1.54. The Labute approximate surface area is 96.2 Å². The van der Waals surface area contributed by atoms with Crippen LogP contribution in [0, 0.1) is 6.92 Å². The lowest BCUT2D eigenvalue weighted by Crippen LogP contribution is -1.98. The van der Waals surface area contributed by atoms with Gasteiger partial charge in [-0.2, -0.15) is 0 Å². The van der Waals surface area contributed by atoms with Gasteiger partial charge in [0.15, 0.2) is 0 Å². The van der Waals surface area contributed by atoms with E-state index in [2.05, 4.69) is 0 Å². The van der Waals surface area contributed by atoms with Crippen molar-refractivity contribution in [2.75, 3.05) is 0 Å². The summed E-state index contributed by atoms with van der Waals surface area (Å²) >= 11 is 5.82. The Morgan fingerprint density at radius 2 is 1.93 bits per heavy atom. The van der Waals surface area contributed by atoms with Crippen molar-refractivity contribution in [3.63, 3.8) is 0 Å². The number of hydrogen-bond donors (Lipinski definition) is 0. The third-order valence-corrected chi connectivity index (χ3v) is 1.76. The van der Waals surface area contributed by atoms with Crippen LogP contribution >= 0.6 is 11.6 Å². The molecule has 0 radical (unpaired) electrons. The van der Waals surface area contributed by atoms with Crippen molar-refractivity contribution in [3.8, 4) is 0 Å². The van der Waals surface area contributed by atoms with Gasteiger partial charge in [-0.05, 0) is 30.2 Å². The van der Waals surface area contributed by atoms with Crippen molar-refractivity contribution < 1.29 is 9.53 Å². The first-order chi connectivity index (χ1) is 7.08. The molecule has 0 fully saturated rings. The largest absolute Gasteiger partial charge is 0.461 e. The van der Waals surface area contributed by atoms with Gasteiger partial charge in [0.05, 0.1) is 0 Å². The predicted octanol–water partition coefficient (Wildman–Crippen LogP) is 3.74. The maximum atomic E-state index is 10.5. The van der Waals surface area contributed by atoms with E-state index in [-0.39, 0.29) is 12.6 Å². The molecule has 0 saturated heterocycles. The molecule has 0 aliphatic rings. The maximum absolute atomic E-state index is 10.5. The molecule has 3 heteroatoms. The van der Waals surface area contributed by atoms with Crippen LogP contribution in [0.2, 0.25) is 5.02 Å². The summed E-state index contributed by atoms with van der Waals surface area (Å²) in [6.07, 6.45) is 0. The number of esters is 1. The summed E-state index contributed by atoms with van der Waals surface area (Å²) in [7, 11) is 0. The zero-order chi connectivity index (χ0) is 11.8. The van der Waals surface area contributed by atoms with E-state index in [0.29, 0.717) is 5.02 Å². The summed E-state index contributed by atoms with van der Waals surface area (Å²) < 4.78 is 4.84. The Balaban J connectivity index is 0.000000921. The summed E-state index contributed by atoms with van der Waals surface area (Å²) in [6, 6.07) is 5.59. The summed E-state index contributed by atoms with van der Waals surface area (Å²) in [4.78, 5) is 10.5. The molecule has 0 unspecified atom stereocenters. The van der Waals surface area contributed by atoms with Crippen LogP contribution < -0.4 is 0 Å². The Morgan fingerprint density at radius 1 is 1.33 bits per heavy atom. The fourth-order valence-corrected chi connectivity index (χ4v) is 1.39. The summed E-state index contributed by atoms with van der Waals surface area (Å²) in [6.45, 7) is 7.62. The average molecular weight is 229 g/mol. The van der Waals surface area contributed by atoms with Crippen molar-refractivity contribution in [2.24, 2.45) is 0 Å². The highest BCUT2D eigenvalue weighted by atomic mass is 35.5. The first-order valence-electron chi connectivity index (χ1n) is 4.97. The van der Waals surface area contributed by atoms with Gasteiger partial charge in [-0.3, -0.25) is 4.79 Å². The van der Waals surface area contributed by atoms with E-state index >= 15 is 0 Å². The highest BCUT2D eigenvalue weighted by molar-refractivity contribution is 6.30. The highest BCUT2D eigenvalue weighted by Crippen LogP contribution is 2.15. The number of halogens is 1. The number of rotatable bonds is 2. The summed E-state index contributed by atoms with van der Waals surface area (Å²) in [5, 5.41) is 0.669. The molecule has 0 spiro atoms. The van der Waals surface area contributed by atoms with Crippen molar-refractivity contribution >= 4 is 17.6 Å². The van der Waals surface area contributed by atoms with Crippen molar-refractivity contribution in [3.05, 3.63) is 34.3 Å². The van der Waals surface area contributed by atoms with E-state index in [1.807, 2.05) is 32.9 Å². The highest BCUT2D eigenvalue weighted by Gasteiger charge is 1.98. The molecule has 15 heavy (non-hydrogen) atoms. The molecule has 0 bridgehead atoms. The molecule has 0 aromatic heterocycles. The molecule has 0 N–H and O–H groups in total. The lowest BCUT2D eigenvalue weighted by Gasteiger charge is -2.03. The van der Waals surface area contributed by atoms with Gasteiger partial charge in [0.1, 0.15) is 6.61 Å². The number of hydrogen-bond acceptors (Lipinski definition) is 2. The smallest absolute Gasteiger partial charge is 0.302 e. The van der Waals surface area contributed by atoms with E-state index in [1.165, 1.54) is 6.92 Å². The van der Waals surface area contributed by atoms with Crippen LogP contribution in [-0.4, -0.2) is 5.97 Å². The quantitative estimate of drug-likeness (QED) is 0.721. The van der Waals surface area contributed by atoms with Gasteiger partial charge in [-0.25, -0.2) is 0 Å². The SMILES string of the molecule is CC.CC(=O)OCc1cc(C)cc(Cl)c1. The fraction of sp³-hybridized carbons (Fsp3) is 0.417. The van der Waals surface area contributed by atoms with Crippen LogP contribution in [0.3, 0.4) is 0 Å². The Kier molecular flexibility index (Phi) is 6.80. The molecule has 1 aromatic carbocycles. The van der Waals surface area contributed by atoms with Gasteiger partial charge >= 0.3 is 5.97 Å². The van der Waals surface area contributed by atoms with E-state index in [9.17, 15) is 4.79 Å². The first-order valence-corrected chi connectivity index (χ1v) is 5.35. The molecule has 1 aromatic rings. The molecular formula is C12H17ClO2. The van der Waals surface area contributed by atoms with Crippen LogP contribution in [-0.2, 0) is 16.1 Å². The molecule has 0 amide bonds. The van der Waals surface area contributed by atoms with Crippen LogP contribution in [0.15, 0.2) is 18.2 Å². The van der Waals surface area contributed by atoms with Crippen molar-refractivity contribution in [2.45, 2.75) is 34.3 Å². The molecule has 0 saturated carbocycles. The maximum Gasteiger partial charge on any atom is 0.302 e. The topological polar surface area (TPSA) is 26.3 Å². The van der Waals surface area contributed by atoms with Gasteiger partial charge in [0.25, 0.3) is 0 Å². The van der Waals surface area contributed by atoms with E-state index in [1.54, 1.807) is 6.07 Å². The first kappa shape index (κ1) is 14.0. The predicted molar refractivity (Wildman–Crippen MR) is 63.0 cm³/mol. The standard InChI is InChI=1S/C10H11ClO2.C2H6/c1-7-3-9(5-10(11)4-7)6-13-8(2)12;1-2/h3-5H,6H2,1-2H3;1-2H3. The normalized spacial score (nSPS) is 8.87. The molecule has 2 nitrogen and oxygen atoms in total. The molecule has 1 rings (SSSR count). The van der Waals surface area contributed by atoms with Crippen molar-refractivity contribution in [1.82, 2.24) is 0 Å². The number of aryl methyl sites for hydroxylation is 1. The number of carbonyl (C=O) groups is 1. The van der Waals surface area contributed by atoms with Gasteiger partial charge < -0.3 is 4.74 Å². The van der Waals surface area contributed by atoms with E-state index in [4.69, 9.17) is 16.3 Å². The van der Waals surface area contributed by atoms with Gasteiger partial charge in [-0.15, -0.1) is 0 Å². The van der Waals surface area contributed by atoms with E-state index < -0.39 is 0 Å². The number of ether oxygens (including phenoxy) is 1. The Bertz CT molecular complexity index is 301. The minimum Gasteiger partial charge on any atom is -0.461 e. The number of carbonyl (C=O) groups excluding carboxylic acids is 1. The zero-order valence-electron chi connectivity index (χ0n) is 9.63. The summed E-state index contributed by atoms with van der Waals surface area (Å²) in [5.74, 6) is -0.280. The second-order valence-corrected chi connectivity index (χ2v) is 3.35. The van der Waals surface area contributed by atoms with Gasteiger partial charge in [-0.1, -0.05) is 31.5 Å². The molecule has 0 aliphatic heterocycles. The van der Waals surface area contributed by atoms with Crippen LogP contribution in [0.25, 0.3) is 0 Å². The Hall–Kier alpha value is -1.02. The molecule has 0 heterocycles. The molecule has 84 valence electrons. The minimum atomic E-state index is -0.280. The second kappa shape index (κ2) is 7.30. The van der Waals surface area contributed by atoms with Crippen LogP contribution in [0.4, 0.5) is 0 Å². The Morgan fingerprint density at radius 3 is 2.40 bits per heavy atom. The lowest BCUT2D eigenvalue weighted by atomic mass is 10.1. The average Bonchev–Trinajstić information content (AvgIpc) is 2.16. The zero-order valence-corrected chi connectivity index (χ0v) is 10.4. The van der Waals surface area contributed by atoms with Gasteiger partial charge in [0.2, 0.25) is 0 Å². The molecule has 0 atom stereocenters. The fourth-order valence-electron chi connectivity index (χ4n) is 1.08. The molecule has 0 aliphatic carbocycles. The van der Waals surface area contributed by atoms with E-state index in [0.717, 1.165) is 11.1 Å².